The van der Waals surface area contributed by atoms with Crippen molar-refractivity contribution in [3.8, 4) is 5.75 Å². The van der Waals surface area contributed by atoms with Gasteiger partial charge in [-0.15, -0.1) is 0 Å². The monoisotopic (exact) mass is 286 g/mol. The van der Waals surface area contributed by atoms with Gasteiger partial charge in [-0.25, -0.2) is 0 Å². The molecule has 0 spiro atoms. The van der Waals surface area contributed by atoms with Gasteiger partial charge in [-0.1, -0.05) is 38.1 Å². The maximum Gasteiger partial charge on any atom is 0.264 e. The first-order valence-corrected chi connectivity index (χ1v) is 7.55. The first-order valence-electron chi connectivity index (χ1n) is 7.55. The molecule has 1 saturated carbocycles. The number of benzene rings is 1. The molecule has 1 heterocycles. The first-order chi connectivity index (χ1) is 10.0. The fraction of sp³-hybridized carbons (Fsp3) is 0.529. The highest BCUT2D eigenvalue weighted by molar-refractivity contribution is 5.32. The van der Waals surface area contributed by atoms with E-state index in [0.29, 0.717) is 12.5 Å². The van der Waals surface area contributed by atoms with Crippen LogP contribution in [0.4, 0.5) is 0 Å². The van der Waals surface area contributed by atoms with E-state index in [9.17, 15) is 0 Å². The summed E-state index contributed by atoms with van der Waals surface area (Å²) in [5, 5.41) is 4.00. The molecule has 3 rings (SSSR count). The van der Waals surface area contributed by atoms with Crippen LogP contribution < -0.4 is 4.74 Å². The van der Waals surface area contributed by atoms with Crippen LogP contribution in [0.15, 0.2) is 28.8 Å². The molecule has 0 saturated heterocycles. The van der Waals surface area contributed by atoms with Gasteiger partial charge >= 0.3 is 0 Å². The van der Waals surface area contributed by atoms with Crippen LogP contribution in [0.3, 0.4) is 0 Å². The summed E-state index contributed by atoms with van der Waals surface area (Å²) in [4.78, 5) is 4.37. The van der Waals surface area contributed by atoms with E-state index in [1.807, 2.05) is 12.1 Å². The smallest absolute Gasteiger partial charge is 0.264 e. The largest absolute Gasteiger partial charge is 0.484 e. The Balaban J connectivity index is 1.60. The number of hydrogen-bond donors (Lipinski definition) is 0. The maximum atomic E-state index is 5.77. The van der Waals surface area contributed by atoms with E-state index in [0.717, 1.165) is 23.9 Å². The quantitative estimate of drug-likeness (QED) is 0.836. The summed E-state index contributed by atoms with van der Waals surface area (Å²) in [5.74, 6) is 2.95. The van der Waals surface area contributed by atoms with Gasteiger partial charge in [0.15, 0.2) is 12.4 Å². The van der Waals surface area contributed by atoms with Gasteiger partial charge in [-0.2, -0.15) is 4.98 Å². The summed E-state index contributed by atoms with van der Waals surface area (Å²) < 4.78 is 11.0. The zero-order valence-corrected chi connectivity index (χ0v) is 12.9. The summed E-state index contributed by atoms with van der Waals surface area (Å²) in [5.41, 5.74) is 1.36. The molecular weight excluding hydrogens is 264 g/mol. The van der Waals surface area contributed by atoms with Crippen molar-refractivity contribution >= 4 is 0 Å². The Morgan fingerprint density at radius 1 is 1.29 bits per heavy atom. The van der Waals surface area contributed by atoms with Crippen LogP contribution in [0.25, 0.3) is 0 Å². The Kier molecular flexibility index (Phi) is 3.70. The SMILES string of the molecule is CC(C)(C)c1cccc(OCc2nc(CC3CC3)no2)c1. The van der Waals surface area contributed by atoms with Gasteiger partial charge in [-0.3, -0.25) is 0 Å². The Bertz CT molecular complexity index is 609. The Hall–Kier alpha value is -1.84. The van der Waals surface area contributed by atoms with E-state index in [1.165, 1.54) is 18.4 Å². The van der Waals surface area contributed by atoms with E-state index >= 15 is 0 Å². The molecule has 0 N–H and O–H groups in total. The van der Waals surface area contributed by atoms with Crippen LogP contribution in [0.1, 0.15) is 50.9 Å². The van der Waals surface area contributed by atoms with Crippen molar-refractivity contribution in [1.82, 2.24) is 10.1 Å². The minimum atomic E-state index is 0.112. The summed E-state index contributed by atoms with van der Waals surface area (Å²) in [6.07, 6.45) is 3.52. The molecule has 2 aromatic rings. The van der Waals surface area contributed by atoms with Gasteiger partial charge in [0, 0.05) is 6.42 Å². The van der Waals surface area contributed by atoms with Crippen LogP contribution in [0, 0.1) is 5.92 Å². The van der Waals surface area contributed by atoms with Crippen molar-refractivity contribution in [2.45, 2.75) is 52.1 Å². The van der Waals surface area contributed by atoms with Crippen LogP contribution >= 0.6 is 0 Å². The first kappa shape index (κ1) is 14.1. The van der Waals surface area contributed by atoms with Gasteiger partial charge in [0.05, 0.1) is 0 Å². The third-order valence-corrected chi connectivity index (χ3v) is 3.74. The number of ether oxygens (including phenoxy) is 1. The van der Waals surface area contributed by atoms with Gasteiger partial charge in [-0.05, 0) is 41.9 Å². The van der Waals surface area contributed by atoms with E-state index in [1.54, 1.807) is 0 Å². The van der Waals surface area contributed by atoms with Gasteiger partial charge < -0.3 is 9.26 Å². The number of hydrogen-bond acceptors (Lipinski definition) is 4. The highest BCUT2D eigenvalue weighted by Crippen LogP contribution is 2.31. The van der Waals surface area contributed by atoms with Crippen LogP contribution in [0.5, 0.6) is 5.75 Å². The molecule has 1 aromatic carbocycles. The second-order valence-corrected chi connectivity index (χ2v) is 6.82. The Labute approximate surface area is 125 Å². The molecule has 112 valence electrons. The fourth-order valence-corrected chi connectivity index (χ4v) is 2.21. The highest BCUT2D eigenvalue weighted by Gasteiger charge is 2.24. The Morgan fingerprint density at radius 3 is 2.81 bits per heavy atom. The van der Waals surface area contributed by atoms with Crippen molar-refractivity contribution in [2.24, 2.45) is 5.92 Å². The lowest BCUT2D eigenvalue weighted by Gasteiger charge is -2.19. The van der Waals surface area contributed by atoms with E-state index in [-0.39, 0.29) is 5.41 Å². The van der Waals surface area contributed by atoms with Gasteiger partial charge in [0.1, 0.15) is 5.75 Å². The molecule has 4 nitrogen and oxygen atoms in total. The third-order valence-electron chi connectivity index (χ3n) is 3.74. The zero-order chi connectivity index (χ0) is 14.9. The molecule has 0 unspecified atom stereocenters. The molecule has 0 bridgehead atoms. The molecule has 1 aliphatic rings. The second kappa shape index (κ2) is 5.51. The van der Waals surface area contributed by atoms with Crippen molar-refractivity contribution < 1.29 is 9.26 Å². The molecule has 0 radical (unpaired) electrons. The van der Waals surface area contributed by atoms with Crippen LogP contribution in [-0.2, 0) is 18.4 Å². The van der Waals surface area contributed by atoms with E-state index in [4.69, 9.17) is 9.26 Å². The molecule has 0 atom stereocenters. The van der Waals surface area contributed by atoms with E-state index in [2.05, 4.69) is 43.0 Å². The minimum absolute atomic E-state index is 0.112. The number of nitrogens with zero attached hydrogens (tertiary/aromatic N) is 2. The minimum Gasteiger partial charge on any atom is -0.484 e. The molecule has 1 fully saturated rings. The lowest BCUT2D eigenvalue weighted by atomic mass is 9.87. The standard InChI is InChI=1S/C17H22N2O2/c1-17(2,3)13-5-4-6-14(10-13)20-11-16-18-15(19-21-16)9-12-7-8-12/h4-6,10,12H,7-9,11H2,1-3H3. The molecule has 0 aliphatic heterocycles. The topological polar surface area (TPSA) is 48.2 Å². The predicted molar refractivity (Wildman–Crippen MR) is 80.2 cm³/mol. The van der Waals surface area contributed by atoms with Crippen molar-refractivity contribution in [2.75, 3.05) is 0 Å². The summed E-state index contributed by atoms with van der Waals surface area (Å²) in [7, 11) is 0. The van der Waals surface area contributed by atoms with Crippen LogP contribution in [-0.4, -0.2) is 10.1 Å². The number of aromatic nitrogens is 2. The summed E-state index contributed by atoms with van der Waals surface area (Å²) in [6, 6.07) is 8.16. The molecule has 21 heavy (non-hydrogen) atoms. The van der Waals surface area contributed by atoms with Gasteiger partial charge in [0.2, 0.25) is 0 Å². The lowest BCUT2D eigenvalue weighted by molar-refractivity contribution is 0.242. The average molecular weight is 286 g/mol. The van der Waals surface area contributed by atoms with Crippen LogP contribution in [0.2, 0.25) is 0 Å². The maximum absolute atomic E-state index is 5.77. The lowest BCUT2D eigenvalue weighted by Crippen LogP contribution is -2.11. The molecule has 4 heteroatoms. The highest BCUT2D eigenvalue weighted by atomic mass is 16.5. The molecular formula is C17H22N2O2. The zero-order valence-electron chi connectivity index (χ0n) is 12.9. The molecule has 1 aliphatic carbocycles. The Morgan fingerprint density at radius 2 is 2.10 bits per heavy atom. The summed E-state index contributed by atoms with van der Waals surface area (Å²) in [6.45, 7) is 6.89. The average Bonchev–Trinajstić information content (AvgIpc) is 3.13. The normalized spacial score (nSPS) is 15.2. The van der Waals surface area contributed by atoms with E-state index < -0.39 is 0 Å². The summed E-state index contributed by atoms with van der Waals surface area (Å²) >= 11 is 0. The fourth-order valence-electron chi connectivity index (χ4n) is 2.21. The van der Waals surface area contributed by atoms with Crippen molar-refractivity contribution in [3.63, 3.8) is 0 Å². The predicted octanol–water partition coefficient (Wildman–Crippen LogP) is 3.90. The molecule has 1 aromatic heterocycles. The van der Waals surface area contributed by atoms with Gasteiger partial charge in [0.25, 0.3) is 5.89 Å². The van der Waals surface area contributed by atoms with Crippen molar-refractivity contribution in [3.05, 3.63) is 41.5 Å². The molecule has 0 amide bonds. The third kappa shape index (κ3) is 3.84. The number of rotatable bonds is 5. The van der Waals surface area contributed by atoms with Crippen molar-refractivity contribution in [1.29, 1.82) is 0 Å². The second-order valence-electron chi connectivity index (χ2n) is 6.82.